The van der Waals surface area contributed by atoms with E-state index in [1.54, 1.807) is 0 Å². The van der Waals surface area contributed by atoms with Crippen molar-refractivity contribution >= 4 is 14.6 Å². The highest BCUT2D eigenvalue weighted by Gasteiger charge is 2.30. The van der Waals surface area contributed by atoms with E-state index in [0.717, 1.165) is 12.8 Å². The van der Waals surface area contributed by atoms with Crippen molar-refractivity contribution < 1.29 is 9.53 Å². The molecule has 0 spiro atoms. The summed E-state index contributed by atoms with van der Waals surface area (Å²) >= 11 is 0. The van der Waals surface area contributed by atoms with Crippen LogP contribution in [0.25, 0.3) is 0 Å². The molecule has 2 unspecified atom stereocenters. The Hall–Kier alpha value is -0.100. The van der Waals surface area contributed by atoms with Crippen LogP contribution in [0.15, 0.2) is 0 Å². The van der Waals surface area contributed by atoms with Gasteiger partial charge >= 0.3 is 5.97 Å². The molecule has 2 atom stereocenters. The van der Waals surface area contributed by atoms with Crippen LogP contribution in [0, 0.1) is 0 Å². The summed E-state index contributed by atoms with van der Waals surface area (Å²) in [6.07, 6.45) is 1.96. The Morgan fingerprint density at radius 1 is 1.64 bits per heavy atom. The molecule has 0 aliphatic rings. The second-order valence-corrected chi connectivity index (χ2v) is 4.43. The Balaban J connectivity index is 4.19. The quantitative estimate of drug-likeness (QED) is 0.484. The number of carbonyl (C=O) groups is 1. The lowest BCUT2D eigenvalue weighted by atomic mass is 10.1. The van der Waals surface area contributed by atoms with Gasteiger partial charge in [0.2, 0.25) is 0 Å². The first-order valence-electron chi connectivity index (χ1n) is 3.88. The van der Waals surface area contributed by atoms with Crippen LogP contribution >= 0.6 is 8.58 Å². The number of esters is 1. The zero-order valence-electron chi connectivity index (χ0n) is 7.73. The molecule has 0 aliphatic heterocycles. The molecular weight excluding hydrogens is 159 g/mol. The molecule has 66 valence electrons. The average Bonchev–Trinajstić information content (AvgIpc) is 2.03. The molecule has 11 heavy (non-hydrogen) atoms. The number of carbonyl (C=O) groups excluding carboxylic acids is 1. The Labute approximate surface area is 70.5 Å². The highest BCUT2D eigenvalue weighted by molar-refractivity contribution is 7.40. The monoisotopic (exact) mass is 176 g/mol. The summed E-state index contributed by atoms with van der Waals surface area (Å²) in [4.78, 5) is 11.2. The SMILES string of the molecule is CCCC(C)(PC)C(=O)OC. The molecular formula is C8H17O2P. The fraction of sp³-hybridized carbons (Fsp3) is 0.875. The molecule has 2 nitrogen and oxygen atoms in total. The third kappa shape index (κ3) is 2.78. The molecule has 0 aliphatic carbocycles. The summed E-state index contributed by atoms with van der Waals surface area (Å²) < 4.78 is 4.73. The van der Waals surface area contributed by atoms with Crippen LogP contribution in [0.3, 0.4) is 0 Å². The maximum atomic E-state index is 11.2. The van der Waals surface area contributed by atoms with Crippen molar-refractivity contribution in [1.82, 2.24) is 0 Å². The summed E-state index contributed by atoms with van der Waals surface area (Å²) in [7, 11) is 2.08. The standard InChI is InChI=1S/C8H17O2P/c1-5-6-8(2,11-4)7(9)10-3/h11H,5-6H2,1-4H3. The zero-order chi connectivity index (χ0) is 8.91. The lowest BCUT2D eigenvalue weighted by molar-refractivity contribution is -0.143. The minimum absolute atomic E-state index is 0.0693. The molecule has 0 saturated carbocycles. The van der Waals surface area contributed by atoms with Crippen molar-refractivity contribution in [2.45, 2.75) is 31.8 Å². The number of hydrogen-bond acceptors (Lipinski definition) is 2. The Morgan fingerprint density at radius 3 is 2.45 bits per heavy atom. The molecule has 0 radical (unpaired) electrons. The van der Waals surface area contributed by atoms with E-state index in [1.807, 2.05) is 13.6 Å². The van der Waals surface area contributed by atoms with Gasteiger partial charge in [-0.2, -0.15) is 0 Å². The van der Waals surface area contributed by atoms with Crippen LogP contribution in [0.1, 0.15) is 26.7 Å². The topological polar surface area (TPSA) is 26.3 Å². The molecule has 0 heterocycles. The van der Waals surface area contributed by atoms with Gasteiger partial charge in [-0.3, -0.25) is 4.79 Å². The van der Waals surface area contributed by atoms with Crippen LogP contribution in [-0.2, 0) is 9.53 Å². The number of methoxy groups -OCH3 is 1. The van der Waals surface area contributed by atoms with E-state index in [-0.39, 0.29) is 11.1 Å². The van der Waals surface area contributed by atoms with E-state index < -0.39 is 0 Å². The maximum absolute atomic E-state index is 11.2. The first kappa shape index (κ1) is 10.9. The van der Waals surface area contributed by atoms with Gasteiger partial charge < -0.3 is 4.74 Å². The maximum Gasteiger partial charge on any atom is 0.315 e. The summed E-state index contributed by atoms with van der Waals surface area (Å²) in [6.45, 7) is 6.11. The molecule has 0 amide bonds. The van der Waals surface area contributed by atoms with E-state index in [9.17, 15) is 4.79 Å². The summed E-state index contributed by atoms with van der Waals surface area (Å²) in [5, 5.41) is -0.233. The molecule has 0 saturated heterocycles. The van der Waals surface area contributed by atoms with E-state index in [1.165, 1.54) is 7.11 Å². The van der Waals surface area contributed by atoms with Crippen LogP contribution < -0.4 is 0 Å². The fourth-order valence-electron chi connectivity index (χ4n) is 1.05. The van der Waals surface area contributed by atoms with Gasteiger partial charge in [-0.05, 0) is 20.0 Å². The van der Waals surface area contributed by atoms with Crippen LogP contribution in [0.4, 0.5) is 0 Å². The molecule has 0 aromatic carbocycles. The smallest absolute Gasteiger partial charge is 0.315 e. The van der Waals surface area contributed by atoms with Gasteiger partial charge in [0.25, 0.3) is 0 Å². The Kier molecular flexibility index (Phi) is 4.67. The van der Waals surface area contributed by atoms with Gasteiger partial charge in [0.05, 0.1) is 12.3 Å². The summed E-state index contributed by atoms with van der Waals surface area (Å²) in [5.41, 5.74) is 0. The van der Waals surface area contributed by atoms with Crippen molar-refractivity contribution in [3.05, 3.63) is 0 Å². The minimum atomic E-state index is -0.233. The second kappa shape index (κ2) is 4.71. The lowest BCUT2D eigenvalue weighted by Gasteiger charge is -2.23. The normalized spacial score (nSPS) is 16.7. The molecule has 0 aromatic rings. The van der Waals surface area contributed by atoms with E-state index in [2.05, 4.69) is 6.92 Å². The van der Waals surface area contributed by atoms with Crippen molar-refractivity contribution in [1.29, 1.82) is 0 Å². The number of ether oxygens (including phenoxy) is 1. The Bertz CT molecular complexity index is 136. The van der Waals surface area contributed by atoms with Gasteiger partial charge in [-0.25, -0.2) is 0 Å². The number of rotatable bonds is 4. The zero-order valence-corrected chi connectivity index (χ0v) is 8.73. The van der Waals surface area contributed by atoms with E-state index >= 15 is 0 Å². The first-order valence-corrected chi connectivity index (χ1v) is 5.38. The molecule has 0 bridgehead atoms. The predicted molar refractivity (Wildman–Crippen MR) is 49.6 cm³/mol. The second-order valence-electron chi connectivity index (χ2n) is 2.82. The van der Waals surface area contributed by atoms with Gasteiger partial charge in [0.15, 0.2) is 0 Å². The van der Waals surface area contributed by atoms with Gasteiger partial charge in [0, 0.05) is 0 Å². The van der Waals surface area contributed by atoms with Crippen molar-refractivity contribution in [2.75, 3.05) is 13.8 Å². The van der Waals surface area contributed by atoms with E-state index in [0.29, 0.717) is 8.58 Å². The lowest BCUT2D eigenvalue weighted by Crippen LogP contribution is -2.31. The molecule has 3 heteroatoms. The summed E-state index contributed by atoms with van der Waals surface area (Å²) in [5.74, 6) is -0.0693. The van der Waals surface area contributed by atoms with Gasteiger partial charge in [-0.15, -0.1) is 8.58 Å². The van der Waals surface area contributed by atoms with Crippen molar-refractivity contribution in [2.24, 2.45) is 0 Å². The Morgan fingerprint density at radius 2 is 2.18 bits per heavy atom. The highest BCUT2D eigenvalue weighted by atomic mass is 31.1. The van der Waals surface area contributed by atoms with Gasteiger partial charge in [0.1, 0.15) is 0 Å². The van der Waals surface area contributed by atoms with E-state index in [4.69, 9.17) is 4.74 Å². The molecule has 0 fully saturated rings. The molecule has 0 rings (SSSR count). The van der Waals surface area contributed by atoms with Crippen LogP contribution in [0.2, 0.25) is 0 Å². The third-order valence-electron chi connectivity index (χ3n) is 1.94. The largest absolute Gasteiger partial charge is 0.468 e. The first-order chi connectivity index (χ1) is 5.10. The fourth-order valence-corrected chi connectivity index (χ4v) is 1.86. The van der Waals surface area contributed by atoms with Crippen molar-refractivity contribution in [3.8, 4) is 0 Å². The third-order valence-corrected chi connectivity index (χ3v) is 3.50. The van der Waals surface area contributed by atoms with Crippen molar-refractivity contribution in [3.63, 3.8) is 0 Å². The predicted octanol–water partition coefficient (Wildman–Crippen LogP) is 2.03. The minimum Gasteiger partial charge on any atom is -0.468 e. The van der Waals surface area contributed by atoms with Gasteiger partial charge in [-0.1, -0.05) is 13.3 Å². The molecule has 0 aromatic heterocycles. The summed E-state index contributed by atoms with van der Waals surface area (Å²) in [6, 6.07) is 0. The van der Waals surface area contributed by atoms with Crippen LogP contribution in [0.5, 0.6) is 0 Å². The highest BCUT2D eigenvalue weighted by Crippen LogP contribution is 2.33. The molecule has 0 N–H and O–H groups in total. The van der Waals surface area contributed by atoms with Crippen LogP contribution in [-0.4, -0.2) is 24.9 Å². The number of hydrogen-bond donors (Lipinski definition) is 0. The average molecular weight is 176 g/mol.